The van der Waals surface area contributed by atoms with Crippen LogP contribution in [0.1, 0.15) is 38.3 Å². The Balaban J connectivity index is 2.10. The molecule has 0 fully saturated rings. The first-order chi connectivity index (χ1) is 19.2. The molecule has 12 heteroatoms. The molecule has 3 rings (SSSR count). The van der Waals surface area contributed by atoms with Gasteiger partial charge in [0.2, 0.25) is 11.8 Å². The van der Waals surface area contributed by atoms with E-state index in [1.807, 2.05) is 20.8 Å². The zero-order chi connectivity index (χ0) is 30.5. The minimum atomic E-state index is -4.24. The summed E-state index contributed by atoms with van der Waals surface area (Å²) in [5.74, 6) is -0.970. The first kappa shape index (κ1) is 33.0. The Bertz CT molecular complexity index is 1510. The summed E-state index contributed by atoms with van der Waals surface area (Å²) in [6.07, 6.45) is 0.281. The van der Waals surface area contributed by atoms with Gasteiger partial charge in [0.25, 0.3) is 10.0 Å². The molecule has 220 valence electrons. The third-order valence-electron chi connectivity index (χ3n) is 6.23. The van der Waals surface area contributed by atoms with Crippen LogP contribution >= 0.6 is 46.4 Å². The predicted molar refractivity (Wildman–Crippen MR) is 167 cm³/mol. The molecule has 0 spiro atoms. The summed E-state index contributed by atoms with van der Waals surface area (Å²) in [6.45, 7) is 6.62. The van der Waals surface area contributed by atoms with Gasteiger partial charge in [0.05, 0.1) is 30.7 Å². The van der Waals surface area contributed by atoms with E-state index in [1.165, 1.54) is 35.2 Å². The average molecular weight is 659 g/mol. The molecule has 0 heterocycles. The van der Waals surface area contributed by atoms with Gasteiger partial charge in [0.15, 0.2) is 0 Å². The third kappa shape index (κ3) is 8.30. The number of benzene rings is 3. The van der Waals surface area contributed by atoms with Gasteiger partial charge in [-0.1, -0.05) is 77.1 Å². The van der Waals surface area contributed by atoms with Crippen LogP contribution in [0.25, 0.3) is 0 Å². The molecule has 0 aliphatic carbocycles. The van der Waals surface area contributed by atoms with Crippen LogP contribution in [0.2, 0.25) is 20.1 Å². The number of amides is 2. The second kappa shape index (κ2) is 14.1. The average Bonchev–Trinajstić information content (AvgIpc) is 2.90. The van der Waals surface area contributed by atoms with E-state index in [4.69, 9.17) is 46.4 Å². The molecule has 41 heavy (non-hydrogen) atoms. The van der Waals surface area contributed by atoms with E-state index < -0.39 is 28.5 Å². The highest BCUT2D eigenvalue weighted by molar-refractivity contribution is 7.92. The fraction of sp³-hybridized carbons (Fsp3) is 0.310. The number of hydrogen-bond acceptors (Lipinski definition) is 4. The molecule has 1 N–H and O–H groups in total. The fourth-order valence-corrected chi connectivity index (χ4v) is 6.16. The van der Waals surface area contributed by atoms with Crippen LogP contribution in [0.5, 0.6) is 0 Å². The maximum absolute atomic E-state index is 14.1. The highest BCUT2D eigenvalue weighted by Crippen LogP contribution is 2.31. The van der Waals surface area contributed by atoms with E-state index in [9.17, 15) is 18.0 Å². The lowest BCUT2D eigenvalue weighted by atomic mass is 10.1. The quantitative estimate of drug-likeness (QED) is 0.237. The Labute approximate surface area is 261 Å². The second-order valence-corrected chi connectivity index (χ2v) is 13.3. The van der Waals surface area contributed by atoms with E-state index in [2.05, 4.69) is 5.32 Å². The van der Waals surface area contributed by atoms with Crippen LogP contribution in [0.4, 0.5) is 5.69 Å². The monoisotopic (exact) mass is 657 g/mol. The molecule has 0 unspecified atom stereocenters. The van der Waals surface area contributed by atoms with Crippen molar-refractivity contribution in [2.45, 2.75) is 57.6 Å². The normalized spacial score (nSPS) is 12.2. The van der Waals surface area contributed by atoms with Crippen molar-refractivity contribution in [3.05, 3.63) is 91.9 Å². The van der Waals surface area contributed by atoms with Gasteiger partial charge in [-0.3, -0.25) is 13.9 Å². The van der Waals surface area contributed by atoms with Crippen molar-refractivity contribution in [1.82, 2.24) is 10.2 Å². The summed E-state index contributed by atoms with van der Waals surface area (Å²) >= 11 is 24.7. The number of sulfonamides is 1. The van der Waals surface area contributed by atoms with Gasteiger partial charge in [-0.25, -0.2) is 8.42 Å². The maximum Gasteiger partial charge on any atom is 0.264 e. The van der Waals surface area contributed by atoms with E-state index in [-0.39, 0.29) is 50.6 Å². The molecule has 3 aromatic rings. The van der Waals surface area contributed by atoms with Crippen molar-refractivity contribution in [3.63, 3.8) is 0 Å². The van der Waals surface area contributed by atoms with Gasteiger partial charge in [0.1, 0.15) is 12.6 Å². The number of hydrogen-bond donors (Lipinski definition) is 1. The lowest BCUT2D eigenvalue weighted by molar-refractivity contribution is -0.140. The summed E-state index contributed by atoms with van der Waals surface area (Å²) < 4.78 is 28.8. The number of rotatable bonds is 11. The lowest BCUT2D eigenvalue weighted by Gasteiger charge is -2.33. The summed E-state index contributed by atoms with van der Waals surface area (Å²) in [7, 11) is -4.24. The van der Waals surface area contributed by atoms with E-state index >= 15 is 0 Å². The van der Waals surface area contributed by atoms with Crippen LogP contribution in [-0.2, 0) is 26.2 Å². The van der Waals surface area contributed by atoms with E-state index in [0.29, 0.717) is 10.6 Å². The Morgan fingerprint density at radius 2 is 1.44 bits per heavy atom. The highest BCUT2D eigenvalue weighted by atomic mass is 35.5. The number of nitrogens with one attached hydrogen (secondary N) is 1. The maximum atomic E-state index is 14.1. The number of aryl methyl sites for hydroxylation is 1. The summed E-state index contributed by atoms with van der Waals surface area (Å²) in [4.78, 5) is 28.6. The van der Waals surface area contributed by atoms with Crippen LogP contribution in [0.15, 0.2) is 65.6 Å². The Hall–Kier alpha value is -2.49. The first-order valence-electron chi connectivity index (χ1n) is 12.8. The summed E-state index contributed by atoms with van der Waals surface area (Å²) in [5, 5.41) is 3.83. The molecule has 0 saturated heterocycles. The second-order valence-electron chi connectivity index (χ2n) is 9.78. The summed E-state index contributed by atoms with van der Waals surface area (Å²) in [5.41, 5.74) is 1.63. The molecular weight excluding hydrogens is 628 g/mol. The lowest BCUT2D eigenvalue weighted by Crippen LogP contribution is -2.53. The van der Waals surface area contributed by atoms with E-state index in [1.54, 1.807) is 37.3 Å². The van der Waals surface area contributed by atoms with Gasteiger partial charge in [-0.05, 0) is 75.2 Å². The number of anilines is 1. The molecule has 0 aliphatic rings. The smallest absolute Gasteiger partial charge is 0.264 e. The topological polar surface area (TPSA) is 86.8 Å². The Morgan fingerprint density at radius 3 is 1.98 bits per heavy atom. The molecule has 0 aliphatic heterocycles. The minimum Gasteiger partial charge on any atom is -0.352 e. The standard InChI is InChI=1S/C29H31Cl4N3O4S/c1-5-27(29(38)34-18(2)3)35(16-20-8-12-23(30)25(32)14-20)28(37)17-36(21-9-13-24(31)26(33)15-21)41(39,40)22-10-6-19(4)7-11-22/h6-15,18,27H,5,16-17H2,1-4H3,(H,34,38)/t27-/m1/s1. The largest absolute Gasteiger partial charge is 0.352 e. The van der Waals surface area contributed by atoms with Crippen LogP contribution < -0.4 is 9.62 Å². The SMILES string of the molecule is CC[C@H](C(=O)NC(C)C)N(Cc1ccc(Cl)c(Cl)c1)C(=O)CN(c1ccc(Cl)c(Cl)c1)S(=O)(=O)c1ccc(C)cc1. The molecule has 7 nitrogen and oxygen atoms in total. The minimum absolute atomic E-state index is 0.0115. The molecule has 0 radical (unpaired) electrons. The van der Waals surface area contributed by atoms with Gasteiger partial charge in [0, 0.05) is 12.6 Å². The van der Waals surface area contributed by atoms with Gasteiger partial charge in [-0.2, -0.15) is 0 Å². The molecular formula is C29H31Cl4N3O4S. The van der Waals surface area contributed by atoms with Crippen molar-refractivity contribution in [2.24, 2.45) is 0 Å². The summed E-state index contributed by atoms with van der Waals surface area (Å²) in [6, 6.07) is 14.4. The molecule has 3 aromatic carbocycles. The number of halogens is 4. The molecule has 0 saturated carbocycles. The molecule has 2 amide bonds. The number of carbonyl (C=O) groups excluding carboxylic acids is 2. The van der Waals surface area contributed by atoms with Crippen LogP contribution in [0, 0.1) is 6.92 Å². The predicted octanol–water partition coefficient (Wildman–Crippen LogP) is 7.14. The molecule has 1 atom stereocenters. The number of nitrogens with zero attached hydrogens (tertiary/aromatic N) is 2. The van der Waals surface area contributed by atoms with Crippen molar-refractivity contribution in [2.75, 3.05) is 10.8 Å². The third-order valence-corrected chi connectivity index (χ3v) is 9.50. The Morgan fingerprint density at radius 1 is 0.854 bits per heavy atom. The van der Waals surface area contributed by atoms with Gasteiger partial charge < -0.3 is 10.2 Å². The van der Waals surface area contributed by atoms with Gasteiger partial charge >= 0.3 is 0 Å². The van der Waals surface area contributed by atoms with Gasteiger partial charge in [-0.15, -0.1) is 0 Å². The zero-order valence-electron chi connectivity index (χ0n) is 23.0. The van der Waals surface area contributed by atoms with Crippen molar-refractivity contribution < 1.29 is 18.0 Å². The van der Waals surface area contributed by atoms with E-state index in [0.717, 1.165) is 9.87 Å². The van der Waals surface area contributed by atoms with Crippen LogP contribution in [0.3, 0.4) is 0 Å². The highest BCUT2D eigenvalue weighted by Gasteiger charge is 2.34. The molecule has 0 bridgehead atoms. The van der Waals surface area contributed by atoms with Crippen molar-refractivity contribution in [1.29, 1.82) is 0 Å². The molecule has 0 aromatic heterocycles. The zero-order valence-corrected chi connectivity index (χ0v) is 26.8. The van der Waals surface area contributed by atoms with Crippen molar-refractivity contribution in [3.8, 4) is 0 Å². The fourth-order valence-electron chi connectivity index (χ4n) is 4.14. The Kier molecular flexibility index (Phi) is 11.4. The van der Waals surface area contributed by atoms with Crippen molar-refractivity contribution >= 4 is 73.9 Å². The van der Waals surface area contributed by atoms with Crippen LogP contribution in [-0.4, -0.2) is 43.8 Å². The number of carbonyl (C=O) groups is 2. The first-order valence-corrected chi connectivity index (χ1v) is 15.8.